The Morgan fingerprint density at radius 2 is 1.70 bits per heavy atom. The summed E-state index contributed by atoms with van der Waals surface area (Å²) in [5.74, 6) is -7.12. The molecule has 0 saturated carbocycles. The van der Waals surface area contributed by atoms with Crippen LogP contribution >= 0.6 is 11.8 Å². The average Bonchev–Trinajstić information content (AvgIpc) is 3.34. The lowest BCUT2D eigenvalue weighted by Crippen LogP contribution is -2.48. The maximum Gasteiger partial charge on any atom is 0.416 e. The van der Waals surface area contributed by atoms with E-state index < -0.39 is 233 Å². The van der Waals surface area contributed by atoms with Crippen LogP contribution in [0, 0.1) is 18.6 Å². The highest BCUT2D eigenvalue weighted by molar-refractivity contribution is 7.98. The van der Waals surface area contributed by atoms with Crippen LogP contribution in [0.5, 0.6) is 0 Å². The molecule has 0 unspecified atom stereocenters. The van der Waals surface area contributed by atoms with Crippen LogP contribution in [0.4, 0.5) is 22.0 Å². The lowest BCUT2D eigenvalue weighted by molar-refractivity contribution is -0.138. The summed E-state index contributed by atoms with van der Waals surface area (Å²) in [6.45, 7) is -14.6. The first-order valence-electron chi connectivity index (χ1n) is 26.9. The fraction of sp³-hybridized carbons (Fsp3) is 0.317. The molecule has 0 bridgehead atoms. The lowest BCUT2D eigenvalue weighted by Gasteiger charge is -2.39. The molecule has 4 aromatic carbocycles. The number of pyridine rings is 1. The number of hydrogen-bond donors (Lipinski definition) is 0. The number of piperidine rings is 1. The first kappa shape index (κ1) is 18.7. The maximum atomic E-state index is 15.6. The van der Waals surface area contributed by atoms with E-state index in [1.165, 1.54) is 0 Å². The fourth-order valence-electron chi connectivity index (χ4n) is 5.13. The van der Waals surface area contributed by atoms with Crippen LogP contribution in [-0.2, 0) is 34.5 Å². The van der Waals surface area contributed by atoms with Gasteiger partial charge in [-0.25, -0.2) is 8.78 Å². The monoisotopic (exact) mass is 772 g/mol. The third-order valence-corrected chi connectivity index (χ3v) is 8.68. The molecule has 12 heteroatoms. The number of methoxy groups -OCH3 is 1. The second kappa shape index (κ2) is 16.7. The molecule has 1 aliphatic rings. The Hall–Kier alpha value is -4.52. The van der Waals surface area contributed by atoms with Crippen molar-refractivity contribution >= 4 is 28.6 Å². The molecule has 0 aliphatic carbocycles. The summed E-state index contributed by atoms with van der Waals surface area (Å²) in [6.07, 6.45) is -6.63. The Balaban J connectivity index is 1.68. The zero-order valence-corrected chi connectivity index (χ0v) is 28.3. The average molecular weight is 773 g/mol. The van der Waals surface area contributed by atoms with Crippen molar-refractivity contribution in [1.29, 1.82) is 0 Å². The molecule has 1 fully saturated rings. The van der Waals surface area contributed by atoms with Crippen molar-refractivity contribution in [2.45, 2.75) is 55.8 Å². The van der Waals surface area contributed by atoms with Gasteiger partial charge in [0.05, 0.1) is 51.5 Å². The Kier molecular flexibility index (Phi) is 5.87. The van der Waals surface area contributed by atoms with Crippen LogP contribution in [0.1, 0.15) is 66.6 Å². The van der Waals surface area contributed by atoms with Crippen molar-refractivity contribution in [3.63, 3.8) is 0 Å². The van der Waals surface area contributed by atoms with Gasteiger partial charge in [0.1, 0.15) is 6.50 Å². The minimum atomic E-state index is -5.29. The summed E-state index contributed by atoms with van der Waals surface area (Å²) in [7, 11) is 0.849. The molecule has 2 heterocycles. The molecule has 1 aliphatic heterocycles. The zero-order chi connectivity index (χ0) is 57.9. The molecule has 1 amide bonds. The second-order valence-electron chi connectivity index (χ2n) is 11.1. The number of amides is 1. The van der Waals surface area contributed by atoms with Crippen molar-refractivity contribution in [3.05, 3.63) is 135 Å². The predicted octanol–water partition coefficient (Wildman–Crippen LogP) is 8.71. The molecular formula is C41H40F5N3O3S. The predicted molar refractivity (Wildman–Crippen MR) is 198 cm³/mol. The highest BCUT2D eigenvalue weighted by Gasteiger charge is 2.32. The van der Waals surface area contributed by atoms with Crippen molar-refractivity contribution in [2.75, 3.05) is 33.3 Å². The van der Waals surface area contributed by atoms with Crippen molar-refractivity contribution in [2.24, 2.45) is 0 Å². The van der Waals surface area contributed by atoms with Gasteiger partial charge in [-0.15, -0.1) is 11.8 Å². The van der Waals surface area contributed by atoms with Crippen LogP contribution in [0.25, 0.3) is 22.0 Å². The number of benzene rings is 4. The van der Waals surface area contributed by atoms with Crippen molar-refractivity contribution in [3.8, 4) is 11.1 Å². The number of nitrogens with zero attached hydrogens (tertiary/aromatic N) is 3. The molecule has 53 heavy (non-hydrogen) atoms. The first-order chi connectivity index (χ1) is 34.7. The summed E-state index contributed by atoms with van der Waals surface area (Å²) in [5, 5.41) is -2.29. The normalized spacial score (nSPS) is 21.5. The maximum absolute atomic E-state index is 15.6. The number of fused-ring (bicyclic) bond motifs is 1. The van der Waals surface area contributed by atoms with Crippen LogP contribution in [0.15, 0.2) is 100 Å². The number of alkyl halides is 3. The number of rotatable bonds is 12. The van der Waals surface area contributed by atoms with Crippen LogP contribution in [0.2, 0.25) is 0 Å². The molecule has 1 aromatic heterocycles. The highest BCUT2D eigenvalue weighted by Crippen LogP contribution is 2.34. The van der Waals surface area contributed by atoms with Gasteiger partial charge >= 0.3 is 6.18 Å². The summed E-state index contributed by atoms with van der Waals surface area (Å²) in [6, 6.07) is -21.3. The minimum Gasteiger partial charge on any atom is -0.383 e. The fourth-order valence-corrected chi connectivity index (χ4v) is 6.04. The van der Waals surface area contributed by atoms with E-state index in [4.69, 9.17) is 30.8 Å². The molecule has 6 nitrogen and oxygen atoms in total. The van der Waals surface area contributed by atoms with Gasteiger partial charge in [0.15, 0.2) is 17.1 Å². The number of carbonyl (C=O) groups is 1. The molecule has 6 rings (SSSR count). The van der Waals surface area contributed by atoms with E-state index in [0.29, 0.717) is 0 Å². The molecule has 0 spiro atoms. The summed E-state index contributed by atoms with van der Waals surface area (Å²) in [5.41, 5.74) is -10.0. The SMILES string of the molecule is [2H]c1c([2H])c(F)c(F)c(CSc2c([2H])c(=O)c3c([2H])c([2H])c([2H])c([2H])c3n2C([2H])([2H])C(=O)N(C2CCN(C([2H])([2H])C([2H])([2H])OC)CC2)C([2H])([2H])c2c([2H])c([2H])c(-c3c([2H])c([2H])c(C(F)(F)F)c(C)c3[2H])c([2H])c2[2H])c1[2H]. The molecule has 1 saturated heterocycles. The van der Waals surface area contributed by atoms with E-state index in [-0.39, 0.29) is 21.2 Å². The minimum absolute atomic E-state index is 0.00878. The van der Waals surface area contributed by atoms with E-state index >= 15 is 9.18 Å². The number of halogens is 5. The van der Waals surface area contributed by atoms with Crippen LogP contribution in [-0.4, -0.2) is 59.6 Å². The highest BCUT2D eigenvalue weighted by atomic mass is 32.2. The largest absolute Gasteiger partial charge is 0.416 e. The molecule has 0 N–H and O–H groups in total. The van der Waals surface area contributed by atoms with Gasteiger partial charge in [0.2, 0.25) is 5.91 Å². The van der Waals surface area contributed by atoms with E-state index in [2.05, 4.69) is 0 Å². The van der Waals surface area contributed by atoms with Crippen LogP contribution < -0.4 is 5.43 Å². The molecule has 5 aromatic rings. The van der Waals surface area contributed by atoms with E-state index in [9.17, 15) is 27.8 Å². The summed E-state index contributed by atoms with van der Waals surface area (Å²) < 4.78 is 277. The molecule has 0 radical (unpaired) electrons. The Labute approximate surface area is 341 Å². The summed E-state index contributed by atoms with van der Waals surface area (Å²) in [4.78, 5) is 30.4. The van der Waals surface area contributed by atoms with E-state index in [1.54, 1.807) is 0 Å². The van der Waals surface area contributed by atoms with Gasteiger partial charge < -0.3 is 19.1 Å². The van der Waals surface area contributed by atoms with Crippen molar-refractivity contribution in [1.82, 2.24) is 14.4 Å². The number of hydrogen-bond acceptors (Lipinski definition) is 5. The standard InChI is InChI=1S/C41H40F5N3O3S/c1-27-22-30(14-15-34(27)41(44,45)46)29-12-10-28(11-13-29)24-48(32-16-18-47(19-17-32)20-21-52-2)38(51)25-49-36-9-4-3-7-33(36)37(50)23-39(49)53-26-31-6-5-8-35(42)40(31)43/h3-15,22-23,32H,16-21,24-26H2,1-2H3/i3D,4D,5D,6D,7D,8D,9D,10D,11D,12D,13D,14D,15D,20D2,21D2,22D,23D,24D2,25D2. The number of ether oxygens (including phenoxy) is 1. The van der Waals surface area contributed by atoms with Gasteiger partial charge in [-0.05, 0) is 66.2 Å². The van der Waals surface area contributed by atoms with Gasteiger partial charge in [-0.3, -0.25) is 9.59 Å². The van der Waals surface area contributed by atoms with Crippen molar-refractivity contribution < 1.29 is 63.0 Å². The summed E-state index contributed by atoms with van der Waals surface area (Å²) >= 11 is -0.0151. The molecule has 278 valence electrons. The van der Waals surface area contributed by atoms with Gasteiger partial charge in [0, 0.05) is 64.7 Å². The number of carbonyl (C=O) groups excluding carboxylic acids is 1. The lowest BCUT2D eigenvalue weighted by atomic mass is 9.98. The molecular weight excluding hydrogens is 710 g/mol. The smallest absolute Gasteiger partial charge is 0.383 e. The molecule has 0 atom stereocenters. The Morgan fingerprint density at radius 1 is 0.981 bits per heavy atom. The zero-order valence-electron chi connectivity index (χ0n) is 50.5. The third-order valence-electron chi connectivity index (χ3n) is 7.69. The topological polar surface area (TPSA) is 54.8 Å². The Bertz CT molecular complexity index is 3250. The Morgan fingerprint density at radius 3 is 2.42 bits per heavy atom. The number of likely N-dealkylation sites (tertiary alicyclic amines) is 1. The quantitative estimate of drug-likeness (QED) is 0.0939. The number of thioether (sulfide) groups is 1. The van der Waals surface area contributed by atoms with Gasteiger partial charge in [0.25, 0.3) is 0 Å². The van der Waals surface area contributed by atoms with Gasteiger partial charge in [-0.2, -0.15) is 13.2 Å². The van der Waals surface area contributed by atoms with Gasteiger partial charge in [-0.1, -0.05) is 60.4 Å². The van der Waals surface area contributed by atoms with E-state index in [0.717, 1.165) is 18.9 Å². The first-order valence-corrected chi connectivity index (χ1v) is 16.3. The van der Waals surface area contributed by atoms with E-state index in [1.807, 2.05) is 0 Å². The second-order valence-corrected chi connectivity index (χ2v) is 12.1. The van der Waals surface area contributed by atoms with Crippen LogP contribution in [0.3, 0.4) is 0 Å². The number of para-hydroxylation sites is 1. The number of aromatic nitrogens is 1. The third kappa shape index (κ3) is 9.00.